The summed E-state index contributed by atoms with van der Waals surface area (Å²) >= 11 is 12.4. The zero-order chi connectivity index (χ0) is 14.7. The molecule has 0 fully saturated rings. The predicted octanol–water partition coefficient (Wildman–Crippen LogP) is 4.06. The summed E-state index contributed by atoms with van der Waals surface area (Å²) in [6.07, 6.45) is 0. The Hall–Kier alpha value is -1.42. The van der Waals surface area contributed by atoms with Gasteiger partial charge in [0.25, 0.3) is 0 Å². The van der Waals surface area contributed by atoms with Crippen molar-refractivity contribution < 1.29 is 9.47 Å². The Morgan fingerprint density at radius 1 is 0.950 bits per heavy atom. The summed E-state index contributed by atoms with van der Waals surface area (Å²) in [5.41, 5.74) is 7.86. The normalized spacial score (nSPS) is 12.1. The highest BCUT2D eigenvalue weighted by atomic mass is 35.5. The predicted molar refractivity (Wildman–Crippen MR) is 82.0 cm³/mol. The molecule has 5 heteroatoms. The maximum Gasteiger partial charge on any atom is 0.146 e. The Kier molecular flexibility index (Phi) is 4.76. The zero-order valence-corrected chi connectivity index (χ0v) is 12.7. The number of benzene rings is 2. The van der Waals surface area contributed by atoms with E-state index < -0.39 is 6.04 Å². The van der Waals surface area contributed by atoms with Crippen molar-refractivity contribution in [1.29, 1.82) is 0 Å². The van der Waals surface area contributed by atoms with Crippen LogP contribution in [0.25, 0.3) is 0 Å². The maximum absolute atomic E-state index is 6.29. The van der Waals surface area contributed by atoms with E-state index in [9.17, 15) is 0 Å². The summed E-state index contributed by atoms with van der Waals surface area (Å²) in [7, 11) is 3.10. The zero-order valence-electron chi connectivity index (χ0n) is 11.2. The molecule has 0 heterocycles. The van der Waals surface area contributed by atoms with Crippen molar-refractivity contribution in [1.82, 2.24) is 0 Å². The molecular weight excluding hydrogens is 297 g/mol. The Bertz CT molecular complexity index is 617. The topological polar surface area (TPSA) is 44.5 Å². The highest BCUT2D eigenvalue weighted by Gasteiger charge is 2.20. The van der Waals surface area contributed by atoms with Crippen molar-refractivity contribution >= 4 is 23.2 Å². The molecule has 1 atom stereocenters. The lowest BCUT2D eigenvalue weighted by molar-refractivity contribution is 0.390. The average Bonchev–Trinajstić information content (AvgIpc) is 2.46. The van der Waals surface area contributed by atoms with Crippen molar-refractivity contribution in [3.63, 3.8) is 0 Å². The number of halogens is 2. The van der Waals surface area contributed by atoms with Gasteiger partial charge in [-0.25, -0.2) is 0 Å². The van der Waals surface area contributed by atoms with Gasteiger partial charge >= 0.3 is 0 Å². The van der Waals surface area contributed by atoms with Crippen LogP contribution >= 0.6 is 23.2 Å². The van der Waals surface area contributed by atoms with E-state index in [-0.39, 0.29) is 0 Å². The molecule has 3 nitrogen and oxygen atoms in total. The van der Waals surface area contributed by atoms with Gasteiger partial charge in [0.2, 0.25) is 0 Å². The van der Waals surface area contributed by atoms with Crippen LogP contribution in [0, 0.1) is 0 Å². The van der Waals surface area contributed by atoms with Gasteiger partial charge in [0.15, 0.2) is 0 Å². The van der Waals surface area contributed by atoms with E-state index in [2.05, 4.69) is 0 Å². The summed E-state index contributed by atoms with van der Waals surface area (Å²) < 4.78 is 10.5. The van der Waals surface area contributed by atoms with E-state index in [1.807, 2.05) is 24.3 Å². The number of methoxy groups -OCH3 is 2. The van der Waals surface area contributed by atoms with Crippen LogP contribution in [0.1, 0.15) is 17.2 Å². The molecule has 2 aromatic rings. The van der Waals surface area contributed by atoms with E-state index in [0.717, 1.165) is 11.1 Å². The maximum atomic E-state index is 6.29. The van der Waals surface area contributed by atoms with Crippen LogP contribution < -0.4 is 15.2 Å². The number of rotatable bonds is 4. The van der Waals surface area contributed by atoms with Gasteiger partial charge in [0, 0.05) is 10.6 Å². The van der Waals surface area contributed by atoms with E-state index in [1.54, 1.807) is 26.4 Å². The first-order chi connectivity index (χ1) is 9.60. The minimum atomic E-state index is -0.429. The first-order valence-electron chi connectivity index (χ1n) is 6.00. The Labute approximate surface area is 128 Å². The Morgan fingerprint density at radius 3 is 2.25 bits per heavy atom. The second-order valence-electron chi connectivity index (χ2n) is 4.20. The summed E-state index contributed by atoms with van der Waals surface area (Å²) in [4.78, 5) is 0. The van der Waals surface area contributed by atoms with Gasteiger partial charge in [-0.15, -0.1) is 0 Å². The summed E-state index contributed by atoms with van der Waals surface area (Å²) in [5.74, 6) is 1.04. The fraction of sp³-hybridized carbons (Fsp3) is 0.200. The van der Waals surface area contributed by atoms with Crippen LogP contribution in [-0.4, -0.2) is 14.2 Å². The highest BCUT2D eigenvalue weighted by molar-refractivity contribution is 6.33. The van der Waals surface area contributed by atoms with Crippen molar-refractivity contribution in [3.05, 3.63) is 57.6 Å². The average molecular weight is 312 g/mol. The van der Waals surface area contributed by atoms with E-state index in [1.165, 1.54) is 0 Å². The first-order valence-corrected chi connectivity index (χ1v) is 6.76. The Balaban J connectivity index is 2.53. The quantitative estimate of drug-likeness (QED) is 0.926. The largest absolute Gasteiger partial charge is 0.495 e. The number of nitrogens with two attached hydrogens (primary N) is 1. The number of hydrogen-bond donors (Lipinski definition) is 1. The van der Waals surface area contributed by atoms with Crippen LogP contribution in [0.4, 0.5) is 0 Å². The van der Waals surface area contributed by atoms with Crippen molar-refractivity contribution in [2.75, 3.05) is 14.2 Å². The molecule has 0 saturated heterocycles. The molecule has 0 aliphatic carbocycles. The highest BCUT2D eigenvalue weighted by Crippen LogP contribution is 2.41. The lowest BCUT2D eigenvalue weighted by Crippen LogP contribution is -2.14. The molecule has 0 spiro atoms. The van der Waals surface area contributed by atoms with Gasteiger partial charge in [-0.2, -0.15) is 0 Å². The van der Waals surface area contributed by atoms with Crippen LogP contribution in [0.2, 0.25) is 10.0 Å². The molecule has 2 aromatic carbocycles. The minimum Gasteiger partial charge on any atom is -0.495 e. The van der Waals surface area contributed by atoms with Gasteiger partial charge < -0.3 is 15.2 Å². The number of hydrogen-bond acceptors (Lipinski definition) is 3. The summed E-state index contributed by atoms with van der Waals surface area (Å²) in [5, 5.41) is 1.00. The minimum absolute atomic E-state index is 0.398. The standard InChI is InChI=1S/C15H15Cl2NO2/c1-19-12-8-7-10(15(20-2)13(12)17)14(18)9-5-3-4-6-11(9)16/h3-8,14H,18H2,1-2H3. The van der Waals surface area contributed by atoms with Crippen LogP contribution in [0.3, 0.4) is 0 Å². The molecule has 20 heavy (non-hydrogen) atoms. The van der Waals surface area contributed by atoms with Crippen molar-refractivity contribution in [2.24, 2.45) is 5.73 Å². The van der Waals surface area contributed by atoms with Crippen molar-refractivity contribution in [3.8, 4) is 11.5 Å². The molecule has 106 valence electrons. The molecule has 0 radical (unpaired) electrons. The lowest BCUT2D eigenvalue weighted by Gasteiger charge is -2.19. The van der Waals surface area contributed by atoms with Crippen LogP contribution in [0.15, 0.2) is 36.4 Å². The van der Waals surface area contributed by atoms with Gasteiger partial charge in [0.05, 0.1) is 20.3 Å². The van der Waals surface area contributed by atoms with E-state index in [0.29, 0.717) is 21.5 Å². The number of ether oxygens (including phenoxy) is 2. The van der Waals surface area contributed by atoms with Gasteiger partial charge in [0.1, 0.15) is 16.5 Å². The second kappa shape index (κ2) is 6.35. The monoisotopic (exact) mass is 311 g/mol. The molecule has 1 unspecified atom stereocenters. The molecule has 0 amide bonds. The third-order valence-electron chi connectivity index (χ3n) is 3.09. The molecular formula is C15H15Cl2NO2. The SMILES string of the molecule is COc1ccc(C(N)c2ccccc2Cl)c(OC)c1Cl. The summed E-state index contributed by atoms with van der Waals surface area (Å²) in [6.45, 7) is 0. The molecule has 0 aromatic heterocycles. The fourth-order valence-corrected chi connectivity index (χ4v) is 2.64. The molecule has 0 aliphatic rings. The second-order valence-corrected chi connectivity index (χ2v) is 4.99. The molecule has 0 bridgehead atoms. The third-order valence-corrected chi connectivity index (χ3v) is 3.79. The molecule has 0 aliphatic heterocycles. The van der Waals surface area contributed by atoms with Gasteiger partial charge in [-0.1, -0.05) is 41.4 Å². The lowest BCUT2D eigenvalue weighted by atomic mass is 9.98. The van der Waals surface area contributed by atoms with Gasteiger partial charge in [-0.3, -0.25) is 0 Å². The van der Waals surface area contributed by atoms with Gasteiger partial charge in [-0.05, 0) is 23.8 Å². The van der Waals surface area contributed by atoms with E-state index >= 15 is 0 Å². The fourth-order valence-electron chi connectivity index (χ4n) is 2.06. The molecule has 0 saturated carbocycles. The molecule has 2 rings (SSSR count). The van der Waals surface area contributed by atoms with Crippen LogP contribution in [-0.2, 0) is 0 Å². The first kappa shape index (κ1) is 15.0. The Morgan fingerprint density at radius 2 is 1.65 bits per heavy atom. The smallest absolute Gasteiger partial charge is 0.146 e. The molecule has 2 N–H and O–H groups in total. The summed E-state index contributed by atoms with van der Waals surface area (Å²) in [6, 6.07) is 10.6. The van der Waals surface area contributed by atoms with E-state index in [4.69, 9.17) is 38.4 Å². The van der Waals surface area contributed by atoms with Crippen LogP contribution in [0.5, 0.6) is 11.5 Å². The van der Waals surface area contributed by atoms with Crippen molar-refractivity contribution in [2.45, 2.75) is 6.04 Å². The third kappa shape index (κ3) is 2.70.